The third-order valence-electron chi connectivity index (χ3n) is 3.64. The van der Waals surface area contributed by atoms with Crippen molar-refractivity contribution in [1.82, 2.24) is 0 Å². The predicted molar refractivity (Wildman–Crippen MR) is 73.0 cm³/mol. The summed E-state index contributed by atoms with van der Waals surface area (Å²) in [4.78, 5) is 11.8. The van der Waals surface area contributed by atoms with Crippen molar-refractivity contribution in [2.75, 3.05) is 5.75 Å². The number of rotatable bonds is 4. The molecule has 0 N–H and O–H groups in total. The SMILES string of the molecule is CCCCSC1CC(C(C)(C)C)CCC1=O. The molecule has 0 amide bonds. The van der Waals surface area contributed by atoms with Gasteiger partial charge in [-0.25, -0.2) is 0 Å². The van der Waals surface area contributed by atoms with Gasteiger partial charge in [-0.2, -0.15) is 11.8 Å². The van der Waals surface area contributed by atoms with E-state index in [1.54, 1.807) is 0 Å². The lowest BCUT2D eigenvalue weighted by molar-refractivity contribution is -0.121. The summed E-state index contributed by atoms with van der Waals surface area (Å²) < 4.78 is 0. The maximum absolute atomic E-state index is 11.8. The fourth-order valence-electron chi connectivity index (χ4n) is 2.30. The Morgan fingerprint density at radius 3 is 2.62 bits per heavy atom. The molecular weight excluding hydrogens is 216 g/mol. The minimum absolute atomic E-state index is 0.296. The van der Waals surface area contributed by atoms with E-state index < -0.39 is 0 Å². The van der Waals surface area contributed by atoms with Crippen LogP contribution in [0, 0.1) is 11.3 Å². The summed E-state index contributed by atoms with van der Waals surface area (Å²) in [6.07, 6.45) is 5.50. The molecule has 0 saturated heterocycles. The summed E-state index contributed by atoms with van der Waals surface area (Å²) >= 11 is 1.90. The van der Waals surface area contributed by atoms with Gasteiger partial charge in [0.05, 0.1) is 5.25 Å². The number of carbonyl (C=O) groups is 1. The van der Waals surface area contributed by atoms with Crippen LogP contribution in [-0.2, 0) is 4.79 Å². The van der Waals surface area contributed by atoms with Gasteiger partial charge in [0.25, 0.3) is 0 Å². The van der Waals surface area contributed by atoms with E-state index in [0.29, 0.717) is 16.4 Å². The Bertz CT molecular complexity index is 229. The minimum atomic E-state index is 0.296. The van der Waals surface area contributed by atoms with E-state index in [1.807, 2.05) is 11.8 Å². The van der Waals surface area contributed by atoms with E-state index in [-0.39, 0.29) is 0 Å². The van der Waals surface area contributed by atoms with Gasteiger partial charge in [0.2, 0.25) is 0 Å². The third-order valence-corrected chi connectivity index (χ3v) is 5.02. The van der Waals surface area contributed by atoms with Crippen LogP contribution >= 0.6 is 11.8 Å². The average Bonchev–Trinajstić information content (AvgIpc) is 2.19. The Kier molecular flexibility index (Phi) is 5.36. The van der Waals surface area contributed by atoms with Crippen LogP contribution in [0.25, 0.3) is 0 Å². The fourth-order valence-corrected chi connectivity index (χ4v) is 3.71. The Labute approximate surface area is 105 Å². The first-order valence-electron chi connectivity index (χ1n) is 6.59. The molecule has 0 aromatic carbocycles. The number of Topliss-reactive ketones (excluding diaryl/α,β-unsaturated/α-hetero) is 1. The lowest BCUT2D eigenvalue weighted by atomic mass is 9.72. The first-order valence-corrected chi connectivity index (χ1v) is 7.64. The Balaban J connectivity index is 2.45. The molecule has 0 aromatic heterocycles. The normalized spacial score (nSPS) is 27.1. The summed E-state index contributed by atoms with van der Waals surface area (Å²) in [5.74, 6) is 2.38. The molecule has 1 aliphatic rings. The fraction of sp³-hybridized carbons (Fsp3) is 0.929. The lowest BCUT2D eigenvalue weighted by Gasteiger charge is -2.36. The zero-order valence-electron chi connectivity index (χ0n) is 11.2. The van der Waals surface area contributed by atoms with Crippen LogP contribution in [0.4, 0.5) is 0 Å². The van der Waals surface area contributed by atoms with Crippen molar-refractivity contribution in [3.63, 3.8) is 0 Å². The van der Waals surface area contributed by atoms with Gasteiger partial charge in [0.1, 0.15) is 5.78 Å². The Morgan fingerprint density at radius 2 is 2.06 bits per heavy atom. The predicted octanol–water partition coefficient (Wildman–Crippen LogP) is 4.30. The highest BCUT2D eigenvalue weighted by Gasteiger charge is 2.34. The minimum Gasteiger partial charge on any atom is -0.298 e. The number of ketones is 1. The summed E-state index contributed by atoms with van der Waals surface area (Å²) in [6.45, 7) is 9.13. The molecule has 0 heterocycles. The van der Waals surface area contributed by atoms with E-state index in [1.165, 1.54) is 12.8 Å². The molecule has 0 bridgehead atoms. The topological polar surface area (TPSA) is 17.1 Å². The number of hydrogen-bond donors (Lipinski definition) is 0. The molecule has 16 heavy (non-hydrogen) atoms. The van der Waals surface area contributed by atoms with Crippen LogP contribution in [0.15, 0.2) is 0 Å². The highest BCUT2D eigenvalue weighted by molar-refractivity contribution is 8.00. The molecule has 1 saturated carbocycles. The monoisotopic (exact) mass is 242 g/mol. The van der Waals surface area contributed by atoms with E-state index in [9.17, 15) is 4.79 Å². The maximum atomic E-state index is 11.8. The highest BCUT2D eigenvalue weighted by atomic mass is 32.2. The first-order chi connectivity index (χ1) is 7.45. The molecule has 0 aromatic rings. The van der Waals surface area contributed by atoms with Gasteiger partial charge in [-0.15, -0.1) is 0 Å². The summed E-state index contributed by atoms with van der Waals surface area (Å²) in [6, 6.07) is 0. The zero-order chi connectivity index (χ0) is 12.2. The van der Waals surface area contributed by atoms with Gasteiger partial charge >= 0.3 is 0 Å². The van der Waals surface area contributed by atoms with Crippen molar-refractivity contribution in [3.05, 3.63) is 0 Å². The van der Waals surface area contributed by atoms with Crippen molar-refractivity contribution in [3.8, 4) is 0 Å². The van der Waals surface area contributed by atoms with Crippen LogP contribution in [0.2, 0.25) is 0 Å². The Morgan fingerprint density at radius 1 is 1.38 bits per heavy atom. The van der Waals surface area contributed by atoms with Gasteiger partial charge < -0.3 is 0 Å². The molecule has 2 heteroatoms. The second-order valence-electron chi connectivity index (χ2n) is 6.02. The first kappa shape index (κ1) is 14.1. The third kappa shape index (κ3) is 4.12. The molecule has 2 unspecified atom stereocenters. The summed E-state index contributed by atoms with van der Waals surface area (Å²) in [7, 11) is 0. The molecule has 1 fully saturated rings. The van der Waals surface area contributed by atoms with E-state index >= 15 is 0 Å². The van der Waals surface area contributed by atoms with Crippen LogP contribution in [-0.4, -0.2) is 16.8 Å². The zero-order valence-corrected chi connectivity index (χ0v) is 12.0. The smallest absolute Gasteiger partial charge is 0.145 e. The van der Waals surface area contributed by atoms with Gasteiger partial charge in [0, 0.05) is 6.42 Å². The quantitative estimate of drug-likeness (QED) is 0.684. The molecule has 94 valence electrons. The van der Waals surface area contributed by atoms with Crippen molar-refractivity contribution in [2.24, 2.45) is 11.3 Å². The second kappa shape index (κ2) is 6.09. The number of hydrogen-bond acceptors (Lipinski definition) is 2. The van der Waals surface area contributed by atoms with Gasteiger partial charge in [-0.1, -0.05) is 34.1 Å². The standard InChI is InChI=1S/C14H26OS/c1-5-6-9-16-13-10-11(14(2,3)4)7-8-12(13)15/h11,13H,5-10H2,1-4H3. The van der Waals surface area contributed by atoms with Crippen molar-refractivity contribution in [2.45, 2.75) is 65.0 Å². The van der Waals surface area contributed by atoms with Crippen molar-refractivity contribution < 1.29 is 4.79 Å². The maximum Gasteiger partial charge on any atom is 0.145 e. The highest BCUT2D eigenvalue weighted by Crippen LogP contribution is 2.40. The van der Waals surface area contributed by atoms with Crippen LogP contribution < -0.4 is 0 Å². The molecule has 0 spiro atoms. The molecule has 1 nitrogen and oxygen atoms in total. The second-order valence-corrected chi connectivity index (χ2v) is 7.33. The van der Waals surface area contributed by atoms with Gasteiger partial charge in [-0.3, -0.25) is 4.79 Å². The van der Waals surface area contributed by atoms with Crippen LogP contribution in [0.5, 0.6) is 0 Å². The molecule has 0 aliphatic heterocycles. The average molecular weight is 242 g/mol. The van der Waals surface area contributed by atoms with E-state index in [2.05, 4.69) is 27.7 Å². The molecule has 1 aliphatic carbocycles. The lowest BCUT2D eigenvalue weighted by Crippen LogP contribution is -2.33. The van der Waals surface area contributed by atoms with Crippen molar-refractivity contribution in [1.29, 1.82) is 0 Å². The van der Waals surface area contributed by atoms with Crippen LogP contribution in [0.3, 0.4) is 0 Å². The van der Waals surface area contributed by atoms with Crippen molar-refractivity contribution >= 4 is 17.5 Å². The summed E-state index contributed by atoms with van der Waals surface area (Å²) in [5.41, 5.74) is 0.365. The van der Waals surface area contributed by atoms with E-state index in [0.717, 1.165) is 30.9 Å². The summed E-state index contributed by atoms with van der Waals surface area (Å²) in [5, 5.41) is 0.296. The molecule has 2 atom stereocenters. The Hall–Kier alpha value is 0.0200. The number of carbonyl (C=O) groups excluding carboxylic acids is 1. The van der Waals surface area contributed by atoms with E-state index in [4.69, 9.17) is 0 Å². The number of thioether (sulfide) groups is 1. The molecular formula is C14H26OS. The van der Waals surface area contributed by atoms with Crippen LogP contribution in [0.1, 0.15) is 59.8 Å². The van der Waals surface area contributed by atoms with Gasteiger partial charge in [-0.05, 0) is 36.3 Å². The molecule has 0 radical (unpaired) electrons. The number of unbranched alkanes of at least 4 members (excludes halogenated alkanes) is 1. The van der Waals surface area contributed by atoms with Gasteiger partial charge in [0.15, 0.2) is 0 Å². The largest absolute Gasteiger partial charge is 0.298 e. The molecule has 1 rings (SSSR count).